The molecule has 3 heteroatoms. The van der Waals surface area contributed by atoms with Gasteiger partial charge in [0.2, 0.25) is 5.69 Å². The summed E-state index contributed by atoms with van der Waals surface area (Å²) in [4.78, 5) is 0. The van der Waals surface area contributed by atoms with Crippen LogP contribution >= 0.6 is 0 Å². The quantitative estimate of drug-likeness (QED) is 0.296. The second-order valence-corrected chi connectivity index (χ2v) is 14.8. The lowest BCUT2D eigenvalue weighted by molar-refractivity contribution is -0.659. The van der Waals surface area contributed by atoms with Gasteiger partial charge in [0.25, 0.3) is 0 Å². The van der Waals surface area contributed by atoms with Gasteiger partial charge in [-0.05, 0) is 36.5 Å². The molecule has 29 heavy (non-hydrogen) atoms. The second kappa shape index (κ2) is 7.14. The maximum absolute atomic E-state index is 6.39. The molecule has 0 N–H and O–H groups in total. The van der Waals surface area contributed by atoms with Crippen LogP contribution in [0, 0.1) is 12.8 Å². The molecule has 2 heterocycles. The molecule has 0 spiro atoms. The van der Waals surface area contributed by atoms with Gasteiger partial charge in [0.05, 0.1) is 13.6 Å². The van der Waals surface area contributed by atoms with Crippen LogP contribution in [0.25, 0.3) is 33.2 Å². The van der Waals surface area contributed by atoms with E-state index in [0.717, 1.165) is 17.6 Å². The predicted octanol–water partition coefficient (Wildman–Crippen LogP) is 6.13. The Morgan fingerprint density at radius 1 is 1.00 bits per heavy atom. The van der Waals surface area contributed by atoms with Crippen molar-refractivity contribution in [1.29, 1.82) is 0 Å². The van der Waals surface area contributed by atoms with Crippen LogP contribution in [0.5, 0.6) is 0 Å². The molecule has 150 valence electrons. The van der Waals surface area contributed by atoms with Gasteiger partial charge in [0.1, 0.15) is 18.2 Å². The highest BCUT2D eigenvalue weighted by molar-refractivity contribution is 6.89. The molecule has 0 amide bonds. The monoisotopic (exact) mass is 402 g/mol. The van der Waals surface area contributed by atoms with Crippen molar-refractivity contribution in [1.82, 2.24) is 0 Å². The van der Waals surface area contributed by atoms with E-state index < -0.39 is 8.07 Å². The van der Waals surface area contributed by atoms with Gasteiger partial charge in [0.15, 0.2) is 6.20 Å². The number of nitrogens with zero attached hydrogens (tertiary/aromatic N) is 1. The minimum atomic E-state index is -1.44. The summed E-state index contributed by atoms with van der Waals surface area (Å²) in [6.07, 6.45) is 3.50. The first-order chi connectivity index (χ1) is 13.7. The van der Waals surface area contributed by atoms with E-state index in [1.54, 1.807) is 5.19 Å². The molecule has 0 bridgehead atoms. The molecule has 0 aliphatic rings. The maximum atomic E-state index is 6.39. The molecule has 0 atom stereocenters. The van der Waals surface area contributed by atoms with E-state index >= 15 is 0 Å². The Kier molecular flexibility index (Phi) is 4.90. The average Bonchev–Trinajstić information content (AvgIpc) is 3.00. The largest absolute Gasteiger partial charge is 0.455 e. The van der Waals surface area contributed by atoms with Crippen LogP contribution in [0.2, 0.25) is 19.6 Å². The normalized spacial score (nSPS) is 12.4. The lowest BCUT2D eigenvalue weighted by Gasteiger charge is -2.21. The Bertz CT molecular complexity index is 1210. The number of para-hydroxylation sites is 1. The van der Waals surface area contributed by atoms with Crippen molar-refractivity contribution >= 4 is 35.2 Å². The van der Waals surface area contributed by atoms with Crippen LogP contribution in [0.1, 0.15) is 25.0 Å². The first-order valence-electron chi connectivity index (χ1n) is 10.6. The van der Waals surface area contributed by atoms with E-state index in [-0.39, 0.29) is 0 Å². The lowest BCUT2D eigenvalue weighted by atomic mass is 9.97. The number of hydrogen-bond donors (Lipinski definition) is 0. The lowest BCUT2D eigenvalue weighted by Crippen LogP contribution is -2.47. The van der Waals surface area contributed by atoms with Crippen molar-refractivity contribution in [2.75, 3.05) is 0 Å². The SMILES string of the molecule is Cc1ccc2c(oc3ccccc32)c1-c1cc(CC(C)C)c([Si](C)(C)C)c[n+]1C. The van der Waals surface area contributed by atoms with Gasteiger partial charge in [-0.15, -0.1) is 0 Å². The van der Waals surface area contributed by atoms with Gasteiger partial charge in [-0.2, -0.15) is 0 Å². The van der Waals surface area contributed by atoms with Crippen molar-refractivity contribution in [2.45, 2.75) is 46.8 Å². The number of rotatable bonds is 4. The summed E-state index contributed by atoms with van der Waals surface area (Å²) in [5.74, 6) is 0.633. The maximum Gasteiger partial charge on any atom is 0.216 e. The molecule has 4 aromatic rings. The first-order valence-corrected chi connectivity index (χ1v) is 14.1. The van der Waals surface area contributed by atoms with E-state index in [1.165, 1.54) is 33.2 Å². The Balaban J connectivity index is 2.04. The number of fused-ring (bicyclic) bond motifs is 3. The zero-order valence-electron chi connectivity index (χ0n) is 18.8. The second-order valence-electron chi connectivity index (χ2n) is 9.79. The van der Waals surface area contributed by atoms with Crippen LogP contribution < -0.4 is 9.75 Å². The Morgan fingerprint density at radius 3 is 2.41 bits per heavy atom. The van der Waals surface area contributed by atoms with Crippen molar-refractivity contribution in [3.05, 3.63) is 59.8 Å². The van der Waals surface area contributed by atoms with Crippen LogP contribution in [0.15, 0.2) is 53.1 Å². The summed E-state index contributed by atoms with van der Waals surface area (Å²) in [5, 5.41) is 3.94. The molecule has 2 aromatic heterocycles. The summed E-state index contributed by atoms with van der Waals surface area (Å²) in [6, 6.07) is 15.2. The molecule has 0 saturated heterocycles. The fourth-order valence-electron chi connectivity index (χ4n) is 4.43. The van der Waals surface area contributed by atoms with Crippen LogP contribution in [0.4, 0.5) is 0 Å². The smallest absolute Gasteiger partial charge is 0.216 e. The van der Waals surface area contributed by atoms with E-state index in [1.807, 2.05) is 6.07 Å². The first kappa shape index (κ1) is 19.9. The fraction of sp³-hybridized carbons (Fsp3) is 0.346. The third-order valence-corrected chi connectivity index (χ3v) is 7.87. The zero-order valence-corrected chi connectivity index (χ0v) is 19.8. The molecule has 2 aromatic carbocycles. The Morgan fingerprint density at radius 2 is 1.72 bits per heavy atom. The highest BCUT2D eigenvalue weighted by Gasteiger charge is 2.28. The third kappa shape index (κ3) is 3.53. The van der Waals surface area contributed by atoms with E-state index in [9.17, 15) is 0 Å². The minimum absolute atomic E-state index is 0.633. The Labute approximate surface area is 175 Å². The highest BCUT2D eigenvalue weighted by Crippen LogP contribution is 2.37. The van der Waals surface area contributed by atoms with Crippen LogP contribution in [-0.4, -0.2) is 8.07 Å². The topological polar surface area (TPSA) is 17.0 Å². The number of aryl methyl sites for hydroxylation is 2. The minimum Gasteiger partial charge on any atom is -0.455 e. The molecule has 4 rings (SSSR count). The van der Waals surface area contributed by atoms with Crippen molar-refractivity contribution in [2.24, 2.45) is 13.0 Å². The van der Waals surface area contributed by atoms with Crippen LogP contribution in [0.3, 0.4) is 0 Å². The molecular weight excluding hydrogens is 370 g/mol. The standard InChI is InChI=1S/C26H32NOSi/c1-17(2)14-19-15-22(27(4)16-24(19)29(5,6)7)25-18(3)12-13-21-20-10-8-9-11-23(20)28-26(21)25/h8-13,15-17H,14H2,1-7H3/q+1. The Hall–Kier alpha value is -2.39. The zero-order chi connectivity index (χ0) is 20.9. The number of pyridine rings is 1. The van der Waals surface area contributed by atoms with Crippen LogP contribution in [-0.2, 0) is 13.5 Å². The predicted molar refractivity (Wildman–Crippen MR) is 127 cm³/mol. The summed E-state index contributed by atoms with van der Waals surface area (Å²) < 4.78 is 8.70. The van der Waals surface area contributed by atoms with Gasteiger partial charge in [-0.25, -0.2) is 4.57 Å². The fourth-order valence-corrected chi connectivity index (χ4v) is 6.15. The molecule has 0 unspecified atom stereocenters. The summed E-state index contributed by atoms with van der Waals surface area (Å²) in [6.45, 7) is 14.1. The molecule has 0 aliphatic heterocycles. The van der Waals surface area contributed by atoms with Crippen molar-refractivity contribution in [3.63, 3.8) is 0 Å². The summed E-state index contributed by atoms with van der Waals surface area (Å²) in [5.41, 5.74) is 7.16. The van der Waals surface area contributed by atoms with E-state index in [4.69, 9.17) is 4.42 Å². The molecule has 0 aliphatic carbocycles. The molecule has 0 radical (unpaired) electrons. The van der Waals surface area contributed by atoms with Crippen molar-refractivity contribution < 1.29 is 8.98 Å². The molecule has 0 saturated carbocycles. The van der Waals surface area contributed by atoms with Gasteiger partial charge in [-0.3, -0.25) is 0 Å². The third-order valence-electron chi connectivity index (χ3n) is 5.81. The van der Waals surface area contributed by atoms with Gasteiger partial charge < -0.3 is 4.42 Å². The molecule has 0 fully saturated rings. The van der Waals surface area contributed by atoms with E-state index in [2.05, 4.69) is 94.6 Å². The number of hydrogen-bond acceptors (Lipinski definition) is 1. The van der Waals surface area contributed by atoms with Gasteiger partial charge >= 0.3 is 0 Å². The summed E-state index contributed by atoms with van der Waals surface area (Å²) >= 11 is 0. The number of benzene rings is 2. The summed E-state index contributed by atoms with van der Waals surface area (Å²) in [7, 11) is 0.742. The average molecular weight is 403 g/mol. The van der Waals surface area contributed by atoms with Gasteiger partial charge in [0, 0.05) is 22.0 Å². The van der Waals surface area contributed by atoms with Crippen molar-refractivity contribution in [3.8, 4) is 11.3 Å². The number of furan rings is 1. The molecule has 2 nitrogen and oxygen atoms in total. The number of aromatic nitrogens is 1. The highest BCUT2D eigenvalue weighted by atomic mass is 28.3. The van der Waals surface area contributed by atoms with Gasteiger partial charge in [-0.1, -0.05) is 63.8 Å². The molecular formula is C26H32NOSi+. The van der Waals surface area contributed by atoms with E-state index in [0.29, 0.717) is 5.92 Å².